The first-order valence-corrected chi connectivity index (χ1v) is 10.5. The molecule has 0 aliphatic heterocycles. The number of carbonyl (C=O) groups is 2. The maximum absolute atomic E-state index is 12.8. The van der Waals surface area contributed by atoms with Crippen LogP contribution in [-0.2, 0) is 4.74 Å². The molecule has 9 nitrogen and oxygen atoms in total. The molecule has 0 aliphatic rings. The number of nitro groups is 1. The summed E-state index contributed by atoms with van der Waals surface area (Å²) >= 11 is 1.16. The number of amides is 1. The number of benzene rings is 2. The van der Waals surface area contributed by atoms with Gasteiger partial charge in [-0.3, -0.25) is 14.9 Å². The van der Waals surface area contributed by atoms with Crippen molar-refractivity contribution in [2.24, 2.45) is 0 Å². The molecule has 0 unspecified atom stereocenters. The van der Waals surface area contributed by atoms with Crippen molar-refractivity contribution >= 4 is 39.6 Å². The number of aliphatic hydroxyl groups is 1. The number of ether oxygens (including phenoxy) is 1. The largest absolute Gasteiger partial charge is 0.465 e. The number of thiophene rings is 1. The second-order valence-electron chi connectivity index (χ2n) is 6.66. The number of carbonyl (C=O) groups excluding carboxylic acids is 2. The minimum Gasteiger partial charge on any atom is -0.465 e. The van der Waals surface area contributed by atoms with Crippen LogP contribution in [0.4, 0.5) is 16.4 Å². The zero-order valence-electron chi connectivity index (χ0n) is 17.2. The number of hydrogen-bond acceptors (Lipinski definition) is 8. The van der Waals surface area contributed by atoms with Gasteiger partial charge in [0.2, 0.25) is 0 Å². The minimum absolute atomic E-state index is 0.0460. The predicted octanol–water partition coefficient (Wildman–Crippen LogP) is 4.16. The summed E-state index contributed by atoms with van der Waals surface area (Å²) in [6, 6.07) is 13.3. The van der Waals surface area contributed by atoms with Crippen LogP contribution in [-0.4, -0.2) is 42.2 Å². The molecule has 32 heavy (non-hydrogen) atoms. The van der Waals surface area contributed by atoms with Crippen molar-refractivity contribution in [3.05, 3.63) is 75.2 Å². The van der Waals surface area contributed by atoms with Crippen LogP contribution in [0.2, 0.25) is 0 Å². The molecule has 3 aromatic rings. The Morgan fingerprint density at radius 3 is 2.59 bits per heavy atom. The smallest absolute Gasteiger partial charge is 0.341 e. The fourth-order valence-corrected chi connectivity index (χ4v) is 3.99. The number of nitro benzene ring substituents is 1. The zero-order valence-corrected chi connectivity index (χ0v) is 18.0. The average Bonchev–Trinajstić information content (AvgIpc) is 3.22. The molecule has 3 rings (SSSR count). The molecular weight excluding hydrogens is 434 g/mol. The van der Waals surface area contributed by atoms with Gasteiger partial charge in [-0.25, -0.2) is 4.79 Å². The summed E-state index contributed by atoms with van der Waals surface area (Å²) in [6.07, 6.45) is 0.428. The molecule has 2 aromatic carbocycles. The highest BCUT2D eigenvalue weighted by Crippen LogP contribution is 2.36. The molecule has 0 bridgehead atoms. The number of nitrogens with zero attached hydrogens (tertiary/aromatic N) is 1. The maximum atomic E-state index is 12.8. The molecule has 0 radical (unpaired) electrons. The lowest BCUT2D eigenvalue weighted by Crippen LogP contribution is -2.15. The number of hydrogen-bond donors (Lipinski definition) is 3. The highest BCUT2D eigenvalue weighted by molar-refractivity contribution is 7.15. The Hall–Kier alpha value is -3.76. The minimum atomic E-state index is -0.602. The zero-order chi connectivity index (χ0) is 23.1. The van der Waals surface area contributed by atoms with Gasteiger partial charge in [-0.15, -0.1) is 11.3 Å². The maximum Gasteiger partial charge on any atom is 0.341 e. The third-order valence-electron chi connectivity index (χ3n) is 4.60. The van der Waals surface area contributed by atoms with E-state index in [-0.39, 0.29) is 34.1 Å². The van der Waals surface area contributed by atoms with Crippen LogP contribution in [0, 0.1) is 10.1 Å². The van der Waals surface area contributed by atoms with Gasteiger partial charge in [0.1, 0.15) is 16.3 Å². The highest BCUT2D eigenvalue weighted by atomic mass is 32.1. The SMILES string of the molecule is COC(=O)c1c(-c2ccccc2)csc1NC(=O)c1ccc(NCCCO)c([N+](=O)[O-])c1. The first kappa shape index (κ1) is 22.9. The van der Waals surface area contributed by atoms with E-state index in [0.29, 0.717) is 18.5 Å². The van der Waals surface area contributed by atoms with Crippen LogP contribution < -0.4 is 10.6 Å². The Kier molecular flexibility index (Phi) is 7.53. The molecule has 1 amide bonds. The van der Waals surface area contributed by atoms with E-state index in [9.17, 15) is 19.7 Å². The van der Waals surface area contributed by atoms with Gasteiger partial charge in [0.05, 0.1) is 12.0 Å². The lowest BCUT2D eigenvalue weighted by molar-refractivity contribution is -0.384. The predicted molar refractivity (Wildman–Crippen MR) is 122 cm³/mol. The van der Waals surface area contributed by atoms with E-state index < -0.39 is 16.8 Å². The molecule has 166 valence electrons. The summed E-state index contributed by atoms with van der Waals surface area (Å²) in [5.74, 6) is -1.20. The van der Waals surface area contributed by atoms with E-state index in [1.807, 2.05) is 30.3 Å². The molecule has 0 fully saturated rings. The number of nitrogens with one attached hydrogen (secondary N) is 2. The molecule has 0 saturated carbocycles. The number of rotatable bonds is 9. The van der Waals surface area contributed by atoms with E-state index in [1.54, 1.807) is 5.38 Å². The lowest BCUT2D eigenvalue weighted by Gasteiger charge is -2.10. The molecule has 10 heteroatoms. The Labute approximate surface area is 187 Å². The summed E-state index contributed by atoms with van der Waals surface area (Å²) in [5, 5.41) is 27.9. The molecule has 1 aromatic heterocycles. The van der Waals surface area contributed by atoms with Crippen molar-refractivity contribution in [3.63, 3.8) is 0 Å². The van der Waals surface area contributed by atoms with E-state index in [4.69, 9.17) is 9.84 Å². The van der Waals surface area contributed by atoms with Crippen LogP contribution in [0.1, 0.15) is 27.1 Å². The average molecular weight is 455 g/mol. The highest BCUT2D eigenvalue weighted by Gasteiger charge is 2.24. The topological polar surface area (TPSA) is 131 Å². The second-order valence-corrected chi connectivity index (χ2v) is 7.54. The molecule has 0 saturated heterocycles. The molecule has 0 spiro atoms. The summed E-state index contributed by atoms with van der Waals surface area (Å²) in [5.41, 5.74) is 1.67. The van der Waals surface area contributed by atoms with Crippen molar-refractivity contribution in [2.45, 2.75) is 6.42 Å². The van der Waals surface area contributed by atoms with Crippen molar-refractivity contribution in [2.75, 3.05) is 30.9 Å². The van der Waals surface area contributed by atoms with Crippen LogP contribution >= 0.6 is 11.3 Å². The Bertz CT molecular complexity index is 1130. The van der Waals surface area contributed by atoms with Crippen LogP contribution in [0.3, 0.4) is 0 Å². The molecule has 1 heterocycles. The van der Waals surface area contributed by atoms with Crippen LogP contribution in [0.15, 0.2) is 53.9 Å². The Morgan fingerprint density at radius 1 is 1.19 bits per heavy atom. The summed E-state index contributed by atoms with van der Waals surface area (Å²) < 4.78 is 4.90. The quantitative estimate of drug-likeness (QED) is 0.191. The fourth-order valence-electron chi connectivity index (χ4n) is 3.04. The Morgan fingerprint density at radius 2 is 1.94 bits per heavy atom. The molecular formula is C22H21N3O6S. The van der Waals surface area contributed by atoms with E-state index >= 15 is 0 Å². The van der Waals surface area contributed by atoms with E-state index in [1.165, 1.54) is 25.3 Å². The van der Waals surface area contributed by atoms with Crippen molar-refractivity contribution in [3.8, 4) is 11.1 Å². The summed E-state index contributed by atoms with van der Waals surface area (Å²) in [6.45, 7) is 0.304. The molecule has 0 atom stereocenters. The second kappa shape index (κ2) is 10.5. The first-order chi connectivity index (χ1) is 15.5. The summed E-state index contributed by atoms with van der Waals surface area (Å²) in [7, 11) is 1.26. The molecule has 0 aliphatic carbocycles. The van der Waals surface area contributed by atoms with Gasteiger partial charge < -0.3 is 20.5 Å². The number of esters is 1. The number of methoxy groups -OCH3 is 1. The number of aliphatic hydroxyl groups excluding tert-OH is 1. The van der Waals surface area contributed by atoms with Crippen molar-refractivity contribution in [1.29, 1.82) is 0 Å². The van der Waals surface area contributed by atoms with Gasteiger partial charge >= 0.3 is 5.97 Å². The van der Waals surface area contributed by atoms with Crippen molar-refractivity contribution < 1.29 is 24.4 Å². The van der Waals surface area contributed by atoms with Gasteiger partial charge in [-0.2, -0.15) is 0 Å². The third-order valence-corrected chi connectivity index (χ3v) is 5.49. The standard InChI is InChI=1S/C22H21N3O6S/c1-31-22(28)19-16(14-6-3-2-4-7-14)13-32-21(19)24-20(27)15-8-9-17(23-10-5-11-26)18(12-15)25(29)30/h2-4,6-9,12-13,23,26H,5,10-11H2,1H3,(H,24,27). The van der Waals surface area contributed by atoms with E-state index in [0.717, 1.165) is 16.9 Å². The van der Waals surface area contributed by atoms with Crippen LogP contribution in [0.25, 0.3) is 11.1 Å². The van der Waals surface area contributed by atoms with Gasteiger partial charge in [0.15, 0.2) is 0 Å². The summed E-state index contributed by atoms with van der Waals surface area (Å²) in [4.78, 5) is 36.1. The van der Waals surface area contributed by atoms with Crippen molar-refractivity contribution in [1.82, 2.24) is 0 Å². The molecule has 3 N–H and O–H groups in total. The first-order valence-electron chi connectivity index (χ1n) is 9.66. The fraction of sp³-hybridized carbons (Fsp3) is 0.182. The monoisotopic (exact) mass is 455 g/mol. The van der Waals surface area contributed by atoms with Gasteiger partial charge in [0.25, 0.3) is 11.6 Å². The van der Waals surface area contributed by atoms with Gasteiger partial charge in [0, 0.05) is 35.7 Å². The van der Waals surface area contributed by atoms with Gasteiger partial charge in [-0.05, 0) is 24.1 Å². The van der Waals surface area contributed by atoms with Gasteiger partial charge in [-0.1, -0.05) is 30.3 Å². The van der Waals surface area contributed by atoms with Crippen LogP contribution in [0.5, 0.6) is 0 Å². The normalized spacial score (nSPS) is 10.4. The number of anilines is 2. The van der Waals surface area contributed by atoms with E-state index in [2.05, 4.69) is 10.6 Å². The third kappa shape index (κ3) is 5.10. The lowest BCUT2D eigenvalue weighted by atomic mass is 10.0. The Balaban J connectivity index is 1.90.